The first-order valence-electron chi connectivity index (χ1n) is 8.65. The van der Waals surface area contributed by atoms with Crippen molar-refractivity contribution in [1.82, 2.24) is 10.4 Å². The molecule has 0 bridgehead atoms. The Bertz CT molecular complexity index is 815. The minimum atomic E-state index is -0.544. The summed E-state index contributed by atoms with van der Waals surface area (Å²) in [4.78, 5) is 16.8. The molecule has 1 atom stereocenters. The highest BCUT2D eigenvalue weighted by atomic mass is 35.5. The number of rotatable bonds is 7. The highest BCUT2D eigenvalue weighted by molar-refractivity contribution is 6.30. The lowest BCUT2D eigenvalue weighted by Crippen LogP contribution is -2.32. The lowest BCUT2D eigenvalue weighted by Gasteiger charge is -2.21. The number of hydrogen-bond donors (Lipinski definition) is 4. The molecule has 2 rings (SSSR count). The maximum Gasteiger partial charge on any atom is 0.272 e. The Morgan fingerprint density at radius 1 is 1.30 bits per heavy atom. The number of carbonyl (C=O) groups is 1. The van der Waals surface area contributed by atoms with Crippen molar-refractivity contribution in [1.29, 1.82) is 0 Å². The van der Waals surface area contributed by atoms with Crippen molar-refractivity contribution in [2.45, 2.75) is 40.2 Å². The quantitative estimate of drug-likeness (QED) is 0.327. The number of ether oxygens (including phenoxy) is 1. The third-order valence-electron chi connectivity index (χ3n) is 4.17. The number of nitrogens with zero attached hydrogens (tertiary/aromatic N) is 1. The van der Waals surface area contributed by atoms with Gasteiger partial charge in [-0.05, 0) is 56.5 Å². The monoisotopic (exact) mass is 392 g/mol. The fourth-order valence-corrected chi connectivity index (χ4v) is 3.10. The number of benzene rings is 1. The van der Waals surface area contributed by atoms with Gasteiger partial charge in [-0.15, -0.1) is 0 Å². The van der Waals surface area contributed by atoms with Crippen LogP contribution in [0.2, 0.25) is 5.02 Å². The second kappa shape index (κ2) is 9.03. The zero-order valence-electron chi connectivity index (χ0n) is 15.9. The van der Waals surface area contributed by atoms with Gasteiger partial charge in [0.1, 0.15) is 11.3 Å². The topological polar surface area (TPSA) is 109 Å². The number of pyridine rings is 1. The number of nitrogens with two attached hydrogens (primary N) is 1. The van der Waals surface area contributed by atoms with Crippen LogP contribution in [0.3, 0.4) is 0 Å². The second-order valence-corrected chi connectivity index (χ2v) is 6.80. The number of nitrogens with one attached hydrogen (secondary N) is 2. The molecule has 0 aliphatic heterocycles. The highest BCUT2D eigenvalue weighted by Crippen LogP contribution is 2.35. The van der Waals surface area contributed by atoms with Crippen LogP contribution >= 0.6 is 11.6 Å². The predicted molar refractivity (Wildman–Crippen MR) is 106 cm³/mol. The molecule has 8 heteroatoms. The van der Waals surface area contributed by atoms with E-state index in [4.69, 9.17) is 22.2 Å². The number of hydrazine groups is 1. The van der Waals surface area contributed by atoms with Crippen LogP contribution in [0.25, 0.3) is 0 Å². The highest BCUT2D eigenvalue weighted by Gasteiger charge is 2.23. The van der Waals surface area contributed by atoms with Crippen LogP contribution in [0, 0.1) is 20.8 Å². The molecule has 0 saturated heterocycles. The number of halogens is 1. The lowest BCUT2D eigenvalue weighted by atomic mass is 10.1. The molecule has 1 heterocycles. The maximum atomic E-state index is 12.5. The molecule has 2 aromatic rings. The van der Waals surface area contributed by atoms with Crippen molar-refractivity contribution in [2.75, 3.05) is 11.9 Å². The number of hydrogen-bond acceptors (Lipinski definition) is 6. The first kappa shape index (κ1) is 21.0. The zero-order chi connectivity index (χ0) is 20.1. The number of amides is 1. The van der Waals surface area contributed by atoms with Crippen molar-refractivity contribution >= 4 is 23.2 Å². The molecule has 27 heavy (non-hydrogen) atoms. The SMILES string of the molecule is CC[C@@H](CO)Nc1cc(C)nc(Oc2c(C)cc(Cl)cc2C)c1C(=O)NN. The first-order chi connectivity index (χ1) is 12.8. The fourth-order valence-electron chi connectivity index (χ4n) is 2.78. The summed E-state index contributed by atoms with van der Waals surface area (Å²) in [6.07, 6.45) is 0.674. The molecule has 1 aromatic heterocycles. The van der Waals surface area contributed by atoms with Gasteiger partial charge < -0.3 is 15.2 Å². The molecule has 1 amide bonds. The first-order valence-corrected chi connectivity index (χ1v) is 9.03. The van der Waals surface area contributed by atoms with Crippen molar-refractivity contribution in [3.63, 3.8) is 0 Å². The Morgan fingerprint density at radius 2 is 1.93 bits per heavy atom. The van der Waals surface area contributed by atoms with E-state index in [0.717, 1.165) is 11.1 Å². The van der Waals surface area contributed by atoms with Crippen LogP contribution in [0.4, 0.5) is 5.69 Å². The molecule has 0 aliphatic carbocycles. The smallest absolute Gasteiger partial charge is 0.272 e. The van der Waals surface area contributed by atoms with Gasteiger partial charge in [0.15, 0.2) is 0 Å². The fraction of sp³-hybridized carbons (Fsp3) is 0.368. The summed E-state index contributed by atoms with van der Waals surface area (Å²) in [6, 6.07) is 5.06. The minimum Gasteiger partial charge on any atom is -0.438 e. The van der Waals surface area contributed by atoms with Gasteiger partial charge in [0.05, 0.1) is 12.3 Å². The van der Waals surface area contributed by atoms with Crippen LogP contribution in [-0.4, -0.2) is 28.6 Å². The van der Waals surface area contributed by atoms with Gasteiger partial charge in [0, 0.05) is 16.8 Å². The van der Waals surface area contributed by atoms with Crippen LogP contribution in [0.1, 0.15) is 40.5 Å². The number of aromatic nitrogens is 1. The number of nitrogen functional groups attached to an aromatic ring is 1. The van der Waals surface area contributed by atoms with E-state index in [1.807, 2.05) is 20.8 Å². The Balaban J connectivity index is 2.58. The summed E-state index contributed by atoms with van der Waals surface area (Å²) in [7, 11) is 0. The Hall–Kier alpha value is -2.35. The van der Waals surface area contributed by atoms with Gasteiger partial charge >= 0.3 is 0 Å². The second-order valence-electron chi connectivity index (χ2n) is 6.37. The van der Waals surface area contributed by atoms with Gasteiger partial charge in [-0.3, -0.25) is 10.2 Å². The molecule has 0 saturated carbocycles. The number of aryl methyl sites for hydroxylation is 3. The van der Waals surface area contributed by atoms with E-state index in [1.165, 1.54) is 0 Å². The summed E-state index contributed by atoms with van der Waals surface area (Å²) in [5, 5.41) is 13.3. The van der Waals surface area contributed by atoms with Crippen LogP contribution < -0.4 is 21.3 Å². The zero-order valence-corrected chi connectivity index (χ0v) is 16.6. The lowest BCUT2D eigenvalue weighted by molar-refractivity contribution is 0.0951. The van der Waals surface area contributed by atoms with Gasteiger partial charge in [-0.25, -0.2) is 10.8 Å². The Morgan fingerprint density at radius 3 is 2.44 bits per heavy atom. The van der Waals surface area contributed by atoms with Crippen molar-refractivity contribution in [3.8, 4) is 11.6 Å². The molecule has 0 radical (unpaired) electrons. The summed E-state index contributed by atoms with van der Waals surface area (Å²) < 4.78 is 6.03. The number of anilines is 1. The average molecular weight is 393 g/mol. The molecule has 7 nitrogen and oxygen atoms in total. The van der Waals surface area contributed by atoms with Crippen molar-refractivity contribution < 1.29 is 14.6 Å². The Kier molecular flexibility index (Phi) is 7.01. The maximum absolute atomic E-state index is 12.5. The van der Waals surface area contributed by atoms with E-state index in [1.54, 1.807) is 25.1 Å². The summed E-state index contributed by atoms with van der Waals surface area (Å²) >= 11 is 6.08. The molecule has 0 fully saturated rings. The molecular weight excluding hydrogens is 368 g/mol. The van der Waals surface area contributed by atoms with E-state index >= 15 is 0 Å². The Labute approximate surface area is 163 Å². The minimum absolute atomic E-state index is 0.0762. The summed E-state index contributed by atoms with van der Waals surface area (Å²) in [5.41, 5.74) is 5.08. The third-order valence-corrected chi connectivity index (χ3v) is 4.39. The summed E-state index contributed by atoms with van der Waals surface area (Å²) in [6.45, 7) is 7.38. The van der Waals surface area contributed by atoms with E-state index < -0.39 is 5.91 Å². The standard InChI is InChI=1S/C19H25ClN4O3/c1-5-14(9-25)23-15-8-12(4)22-19(16(15)18(26)24-21)27-17-10(2)6-13(20)7-11(17)3/h6-8,14,25H,5,9,21H2,1-4H3,(H,22,23)(H,24,26)/t14-/m0/s1. The van der Waals surface area contributed by atoms with Gasteiger partial charge in [-0.1, -0.05) is 18.5 Å². The normalized spacial score (nSPS) is 11.8. The van der Waals surface area contributed by atoms with E-state index in [9.17, 15) is 9.90 Å². The predicted octanol–water partition coefficient (Wildman–Crippen LogP) is 3.24. The molecule has 0 unspecified atom stereocenters. The van der Waals surface area contributed by atoms with Gasteiger partial charge in [0.25, 0.3) is 5.91 Å². The number of carbonyl (C=O) groups excluding carboxylic acids is 1. The molecule has 5 N–H and O–H groups in total. The number of aliphatic hydroxyl groups is 1. The van der Waals surface area contributed by atoms with Crippen molar-refractivity contribution in [3.05, 3.63) is 45.6 Å². The molecule has 0 aliphatic rings. The average Bonchev–Trinajstić information content (AvgIpc) is 2.61. The van der Waals surface area contributed by atoms with Gasteiger partial charge in [0.2, 0.25) is 5.88 Å². The van der Waals surface area contributed by atoms with E-state index in [0.29, 0.717) is 28.6 Å². The van der Waals surface area contributed by atoms with Crippen LogP contribution in [0.5, 0.6) is 11.6 Å². The molecule has 0 spiro atoms. The molecule has 1 aromatic carbocycles. The van der Waals surface area contributed by atoms with Crippen LogP contribution in [0.15, 0.2) is 18.2 Å². The third kappa shape index (κ3) is 4.88. The van der Waals surface area contributed by atoms with Crippen LogP contribution in [-0.2, 0) is 0 Å². The van der Waals surface area contributed by atoms with Gasteiger partial charge in [-0.2, -0.15) is 0 Å². The van der Waals surface area contributed by atoms with E-state index in [2.05, 4.69) is 15.7 Å². The van der Waals surface area contributed by atoms with Crippen molar-refractivity contribution in [2.24, 2.45) is 5.84 Å². The van der Waals surface area contributed by atoms with E-state index in [-0.39, 0.29) is 24.1 Å². The summed E-state index contributed by atoms with van der Waals surface area (Å²) in [5.74, 6) is 5.53. The largest absolute Gasteiger partial charge is 0.438 e. The molecular formula is C19H25ClN4O3. The number of aliphatic hydroxyl groups excluding tert-OH is 1. The molecule has 146 valence electrons.